The number of hydrogen-bond acceptors (Lipinski definition) is 4. The number of rotatable bonds is 7. The van der Waals surface area contributed by atoms with Crippen molar-refractivity contribution in [2.45, 2.75) is 52.0 Å². The van der Waals surface area contributed by atoms with Gasteiger partial charge in [-0.05, 0) is 25.7 Å². The smallest absolute Gasteiger partial charge is 0.324 e. The van der Waals surface area contributed by atoms with E-state index in [9.17, 15) is 13.2 Å². The molecule has 0 aromatic rings. The first-order valence-corrected chi connectivity index (χ1v) is 8.30. The number of sulfonamides is 1. The summed E-state index contributed by atoms with van der Waals surface area (Å²) in [6.45, 7) is 4.66. The van der Waals surface area contributed by atoms with E-state index in [2.05, 4.69) is 0 Å². The molecule has 0 spiro atoms. The minimum atomic E-state index is -3.30. The summed E-state index contributed by atoms with van der Waals surface area (Å²) in [5.41, 5.74) is 0. The first-order valence-electron chi connectivity index (χ1n) is 6.69. The molecule has 0 aromatic carbocycles. The second-order valence-electron chi connectivity index (χ2n) is 4.61. The number of unbranched alkanes of at least 4 members (excludes halogenated alkanes) is 1. The topological polar surface area (TPSA) is 63.7 Å². The van der Waals surface area contributed by atoms with E-state index in [1.807, 2.05) is 13.8 Å². The number of hydrogen-bond donors (Lipinski definition) is 0. The highest BCUT2D eigenvalue weighted by Crippen LogP contribution is 2.22. The van der Waals surface area contributed by atoms with Gasteiger partial charge in [-0.25, -0.2) is 8.42 Å². The Bertz CT molecular complexity index is 366. The Morgan fingerprint density at radius 2 is 2.06 bits per heavy atom. The first kappa shape index (κ1) is 15.4. The fourth-order valence-corrected chi connectivity index (χ4v) is 3.83. The van der Waals surface area contributed by atoms with E-state index in [0.29, 0.717) is 26.0 Å². The molecule has 0 saturated carbocycles. The van der Waals surface area contributed by atoms with Crippen molar-refractivity contribution < 1.29 is 17.9 Å². The molecule has 0 radical (unpaired) electrons. The highest BCUT2D eigenvalue weighted by molar-refractivity contribution is 7.89. The van der Waals surface area contributed by atoms with Gasteiger partial charge in [0.15, 0.2) is 0 Å². The molecule has 106 valence electrons. The molecule has 1 heterocycles. The van der Waals surface area contributed by atoms with Gasteiger partial charge in [-0.1, -0.05) is 20.3 Å². The quantitative estimate of drug-likeness (QED) is 0.523. The fraction of sp³-hybridized carbons (Fsp3) is 0.917. The molecule has 0 aromatic heterocycles. The van der Waals surface area contributed by atoms with E-state index in [-0.39, 0.29) is 11.7 Å². The van der Waals surface area contributed by atoms with Crippen molar-refractivity contribution in [1.29, 1.82) is 0 Å². The summed E-state index contributed by atoms with van der Waals surface area (Å²) in [7, 11) is -3.30. The van der Waals surface area contributed by atoms with Crippen molar-refractivity contribution in [2.24, 2.45) is 0 Å². The molecule has 5 nitrogen and oxygen atoms in total. The van der Waals surface area contributed by atoms with E-state index >= 15 is 0 Å². The first-order chi connectivity index (χ1) is 8.53. The lowest BCUT2D eigenvalue weighted by molar-refractivity contribution is -0.147. The minimum Gasteiger partial charge on any atom is -0.464 e. The van der Waals surface area contributed by atoms with Crippen molar-refractivity contribution in [1.82, 2.24) is 4.31 Å². The predicted molar refractivity (Wildman–Crippen MR) is 69.7 cm³/mol. The van der Waals surface area contributed by atoms with Crippen LogP contribution in [0.25, 0.3) is 0 Å². The molecule has 6 heteroatoms. The standard InChI is InChI=1S/C12H23NO4S/c1-3-5-9-17-12(14)11-7-6-8-13(11)18(15,16)10-4-2/h11H,3-10H2,1-2H3. The van der Waals surface area contributed by atoms with Crippen molar-refractivity contribution in [3.63, 3.8) is 0 Å². The third-order valence-corrected chi connectivity index (χ3v) is 5.11. The largest absolute Gasteiger partial charge is 0.464 e. The van der Waals surface area contributed by atoms with Crippen LogP contribution >= 0.6 is 0 Å². The van der Waals surface area contributed by atoms with Crippen LogP contribution in [0, 0.1) is 0 Å². The van der Waals surface area contributed by atoms with Gasteiger partial charge in [0, 0.05) is 6.54 Å². The maximum absolute atomic E-state index is 12.0. The lowest BCUT2D eigenvalue weighted by Gasteiger charge is -2.22. The van der Waals surface area contributed by atoms with Gasteiger partial charge in [0.25, 0.3) is 0 Å². The lowest BCUT2D eigenvalue weighted by Crippen LogP contribution is -2.42. The van der Waals surface area contributed by atoms with Crippen LogP contribution in [0.2, 0.25) is 0 Å². The zero-order valence-corrected chi connectivity index (χ0v) is 12.0. The van der Waals surface area contributed by atoms with Crippen LogP contribution in [0.1, 0.15) is 46.0 Å². The van der Waals surface area contributed by atoms with Crippen molar-refractivity contribution in [2.75, 3.05) is 18.9 Å². The van der Waals surface area contributed by atoms with Crippen LogP contribution < -0.4 is 0 Å². The number of nitrogens with zero attached hydrogens (tertiary/aromatic N) is 1. The van der Waals surface area contributed by atoms with E-state index in [1.54, 1.807) is 0 Å². The number of carbonyl (C=O) groups excluding carboxylic acids is 1. The summed E-state index contributed by atoms with van der Waals surface area (Å²) in [4.78, 5) is 11.9. The summed E-state index contributed by atoms with van der Waals surface area (Å²) in [5, 5.41) is 0. The summed E-state index contributed by atoms with van der Waals surface area (Å²) in [6.07, 6.45) is 3.65. The highest BCUT2D eigenvalue weighted by Gasteiger charge is 2.38. The predicted octanol–water partition coefficient (Wildman–Crippen LogP) is 1.53. The zero-order chi connectivity index (χ0) is 13.6. The van der Waals surface area contributed by atoms with Crippen LogP contribution in [-0.4, -0.2) is 43.6 Å². The molecule has 0 aliphatic carbocycles. The summed E-state index contributed by atoms with van der Waals surface area (Å²) >= 11 is 0. The maximum Gasteiger partial charge on any atom is 0.324 e. The van der Waals surface area contributed by atoms with Crippen molar-refractivity contribution >= 4 is 16.0 Å². The molecule has 1 aliphatic heterocycles. The van der Waals surface area contributed by atoms with Crippen molar-refractivity contribution in [3.8, 4) is 0 Å². The number of esters is 1. The second-order valence-corrected chi connectivity index (χ2v) is 6.65. The highest BCUT2D eigenvalue weighted by atomic mass is 32.2. The second kappa shape index (κ2) is 7.09. The number of carbonyl (C=O) groups is 1. The van der Waals surface area contributed by atoms with Gasteiger partial charge in [-0.2, -0.15) is 4.31 Å². The van der Waals surface area contributed by atoms with Gasteiger partial charge in [0.05, 0.1) is 12.4 Å². The van der Waals surface area contributed by atoms with Gasteiger partial charge in [-0.15, -0.1) is 0 Å². The average molecular weight is 277 g/mol. The Morgan fingerprint density at radius 3 is 2.67 bits per heavy atom. The van der Waals surface area contributed by atoms with Crippen LogP contribution in [0.3, 0.4) is 0 Å². The molecular formula is C12H23NO4S. The summed E-state index contributed by atoms with van der Waals surface area (Å²) in [5.74, 6) is -0.285. The van der Waals surface area contributed by atoms with E-state index < -0.39 is 16.1 Å². The molecule has 1 saturated heterocycles. The number of ether oxygens (including phenoxy) is 1. The monoisotopic (exact) mass is 277 g/mol. The van der Waals surface area contributed by atoms with Gasteiger partial charge >= 0.3 is 5.97 Å². The fourth-order valence-electron chi connectivity index (χ4n) is 2.10. The Morgan fingerprint density at radius 1 is 1.33 bits per heavy atom. The normalized spacial score (nSPS) is 21.1. The molecule has 1 unspecified atom stereocenters. The van der Waals surface area contributed by atoms with Gasteiger partial charge in [-0.3, -0.25) is 4.79 Å². The molecule has 1 rings (SSSR count). The Balaban J connectivity index is 2.61. The maximum atomic E-state index is 12.0. The SMILES string of the molecule is CCCCOC(=O)C1CCCN1S(=O)(=O)CCC. The van der Waals surface area contributed by atoms with Crippen molar-refractivity contribution in [3.05, 3.63) is 0 Å². The van der Waals surface area contributed by atoms with Gasteiger partial charge in [0.1, 0.15) is 6.04 Å². The zero-order valence-electron chi connectivity index (χ0n) is 11.2. The molecule has 1 aliphatic rings. The lowest BCUT2D eigenvalue weighted by atomic mass is 10.2. The van der Waals surface area contributed by atoms with E-state index in [4.69, 9.17) is 4.74 Å². The molecule has 1 fully saturated rings. The van der Waals surface area contributed by atoms with Gasteiger partial charge < -0.3 is 4.74 Å². The summed E-state index contributed by atoms with van der Waals surface area (Å²) < 4.78 is 30.4. The van der Waals surface area contributed by atoms with Crippen LogP contribution in [0.4, 0.5) is 0 Å². The third-order valence-electron chi connectivity index (χ3n) is 3.04. The molecule has 0 N–H and O–H groups in total. The molecule has 1 atom stereocenters. The Kier molecular flexibility index (Phi) is 6.08. The third kappa shape index (κ3) is 3.95. The molecular weight excluding hydrogens is 254 g/mol. The Hall–Kier alpha value is -0.620. The Labute approximate surface area is 110 Å². The van der Waals surface area contributed by atoms with Crippen LogP contribution in [-0.2, 0) is 19.6 Å². The summed E-state index contributed by atoms with van der Waals surface area (Å²) in [6, 6.07) is -0.599. The molecule has 0 amide bonds. The van der Waals surface area contributed by atoms with Crippen LogP contribution in [0.15, 0.2) is 0 Å². The minimum absolute atomic E-state index is 0.103. The molecule has 18 heavy (non-hydrogen) atoms. The van der Waals surface area contributed by atoms with E-state index in [0.717, 1.165) is 19.3 Å². The van der Waals surface area contributed by atoms with Crippen LogP contribution in [0.5, 0.6) is 0 Å². The van der Waals surface area contributed by atoms with Gasteiger partial charge in [0.2, 0.25) is 10.0 Å². The molecule has 0 bridgehead atoms. The average Bonchev–Trinajstić information content (AvgIpc) is 2.78. The van der Waals surface area contributed by atoms with E-state index in [1.165, 1.54) is 4.31 Å².